The van der Waals surface area contributed by atoms with Crippen molar-refractivity contribution in [3.05, 3.63) is 62.7 Å². The second kappa shape index (κ2) is 11.6. The van der Waals surface area contributed by atoms with Gasteiger partial charge < -0.3 is 11.1 Å². The van der Waals surface area contributed by atoms with Crippen molar-refractivity contribution in [3.63, 3.8) is 0 Å². The summed E-state index contributed by atoms with van der Waals surface area (Å²) in [6.45, 7) is 2.38. The molecule has 3 aromatic rings. The molecule has 0 saturated carbocycles. The maximum atomic E-state index is 13.0. The average molecular weight is 527 g/mol. The van der Waals surface area contributed by atoms with Gasteiger partial charge >= 0.3 is 6.18 Å². The van der Waals surface area contributed by atoms with Crippen molar-refractivity contribution in [1.29, 1.82) is 0 Å². The quantitative estimate of drug-likeness (QED) is 0.284. The van der Waals surface area contributed by atoms with Gasteiger partial charge in [0.2, 0.25) is 0 Å². The Morgan fingerprint density at radius 3 is 2.63 bits per heavy atom. The summed E-state index contributed by atoms with van der Waals surface area (Å²) in [7, 11) is 0. The summed E-state index contributed by atoms with van der Waals surface area (Å²) in [6.07, 6.45) is 1.34. The highest BCUT2D eigenvalue weighted by Crippen LogP contribution is 2.35. The van der Waals surface area contributed by atoms with E-state index in [1.54, 1.807) is 13.0 Å². The van der Waals surface area contributed by atoms with E-state index >= 15 is 0 Å². The number of aromatic nitrogens is 4. The molecule has 0 radical (unpaired) electrons. The molecule has 3 N–H and O–H groups in total. The number of aryl methyl sites for hydroxylation is 1. The number of ketones is 1. The van der Waals surface area contributed by atoms with Crippen LogP contribution in [0.2, 0.25) is 5.02 Å². The summed E-state index contributed by atoms with van der Waals surface area (Å²) in [5, 5.41) is 2.27. The first-order valence-corrected chi connectivity index (χ1v) is 11.8. The Kier molecular flexibility index (Phi) is 8.87. The van der Waals surface area contributed by atoms with Crippen molar-refractivity contribution >= 4 is 40.4 Å². The van der Waals surface area contributed by atoms with Crippen LogP contribution in [0.3, 0.4) is 0 Å². The molecule has 3 aromatic heterocycles. The SMILES string of the molecule is CC(CC(=O)c1cc(CCCCN)ncn1)c1ncc(C(=O)Nc2cc(C(F)(F)F)c(Cl)cn2)s1. The number of halogens is 4. The van der Waals surface area contributed by atoms with Gasteiger partial charge in [0.25, 0.3) is 5.91 Å². The first-order chi connectivity index (χ1) is 16.6. The summed E-state index contributed by atoms with van der Waals surface area (Å²) in [5.74, 6) is -1.47. The molecular weight excluding hydrogens is 505 g/mol. The number of rotatable bonds is 10. The van der Waals surface area contributed by atoms with E-state index < -0.39 is 22.7 Å². The van der Waals surface area contributed by atoms with Gasteiger partial charge in [-0.25, -0.2) is 19.9 Å². The van der Waals surface area contributed by atoms with Gasteiger partial charge in [0.05, 0.1) is 21.8 Å². The molecule has 13 heteroatoms. The number of nitrogens with two attached hydrogens (primary N) is 1. The summed E-state index contributed by atoms with van der Waals surface area (Å²) in [5.41, 5.74) is 5.47. The smallest absolute Gasteiger partial charge is 0.330 e. The largest absolute Gasteiger partial charge is 0.418 e. The second-order valence-electron chi connectivity index (χ2n) is 7.73. The molecule has 0 bridgehead atoms. The zero-order valence-electron chi connectivity index (χ0n) is 18.6. The molecule has 186 valence electrons. The van der Waals surface area contributed by atoms with E-state index in [1.807, 2.05) is 0 Å². The second-order valence-corrected chi connectivity index (χ2v) is 9.20. The minimum Gasteiger partial charge on any atom is -0.330 e. The molecule has 0 aromatic carbocycles. The predicted octanol–water partition coefficient (Wildman–Crippen LogP) is 4.91. The standard InChI is InChI=1S/C22H22ClF3N6O2S/c1-12(6-17(33)16-7-13(30-11-31-16)4-2-3-5-27)21-29-10-18(35-21)20(34)32-19-8-14(22(24,25)26)15(23)9-28-19/h7-12H,2-6,27H2,1H3,(H,28,32,34). The molecule has 0 aliphatic rings. The number of carbonyl (C=O) groups excluding carboxylic acids is 2. The summed E-state index contributed by atoms with van der Waals surface area (Å²) in [4.78, 5) is 41.5. The predicted molar refractivity (Wildman–Crippen MR) is 126 cm³/mol. The van der Waals surface area contributed by atoms with Crippen LogP contribution in [-0.4, -0.2) is 38.2 Å². The third-order valence-corrected chi connectivity index (χ3v) is 6.49. The summed E-state index contributed by atoms with van der Waals surface area (Å²) < 4.78 is 39.1. The lowest BCUT2D eigenvalue weighted by Crippen LogP contribution is -2.13. The minimum atomic E-state index is -4.69. The number of pyridine rings is 1. The fraction of sp³-hybridized carbons (Fsp3) is 0.364. The first kappa shape index (κ1) is 26.6. The van der Waals surface area contributed by atoms with E-state index in [2.05, 4.69) is 25.3 Å². The van der Waals surface area contributed by atoms with Crippen LogP contribution in [0.25, 0.3) is 0 Å². The highest BCUT2D eigenvalue weighted by molar-refractivity contribution is 7.13. The van der Waals surface area contributed by atoms with Crippen LogP contribution in [0.4, 0.5) is 19.0 Å². The number of amides is 1. The molecule has 0 spiro atoms. The van der Waals surface area contributed by atoms with Crippen LogP contribution in [0.1, 0.15) is 68.5 Å². The normalized spacial score (nSPS) is 12.4. The number of carbonyl (C=O) groups is 2. The molecule has 0 aliphatic carbocycles. The molecule has 0 fully saturated rings. The van der Waals surface area contributed by atoms with Gasteiger partial charge in [0.15, 0.2) is 5.78 Å². The average Bonchev–Trinajstić information content (AvgIpc) is 3.31. The summed E-state index contributed by atoms with van der Waals surface area (Å²) in [6, 6.07) is 2.33. The lowest BCUT2D eigenvalue weighted by atomic mass is 10.0. The lowest BCUT2D eigenvalue weighted by Gasteiger charge is -2.10. The van der Waals surface area contributed by atoms with Gasteiger partial charge in [0, 0.05) is 24.2 Å². The van der Waals surface area contributed by atoms with Crippen molar-refractivity contribution in [2.75, 3.05) is 11.9 Å². The van der Waals surface area contributed by atoms with Gasteiger partial charge in [-0.15, -0.1) is 11.3 Å². The molecule has 0 saturated heterocycles. The zero-order chi connectivity index (χ0) is 25.6. The molecular formula is C22H22ClF3N6O2S. The number of thiazole rings is 1. The molecule has 1 unspecified atom stereocenters. The fourth-order valence-corrected chi connectivity index (χ4v) is 4.20. The molecule has 35 heavy (non-hydrogen) atoms. The van der Waals surface area contributed by atoms with E-state index in [0.717, 1.165) is 36.1 Å². The van der Waals surface area contributed by atoms with Gasteiger partial charge in [-0.1, -0.05) is 18.5 Å². The van der Waals surface area contributed by atoms with E-state index in [1.165, 1.54) is 12.5 Å². The molecule has 1 atom stereocenters. The first-order valence-electron chi connectivity index (χ1n) is 10.6. The number of Topliss-reactive ketones (excluding diaryl/α,β-unsaturated/α-hetero) is 1. The number of hydrogen-bond acceptors (Lipinski definition) is 8. The zero-order valence-corrected chi connectivity index (χ0v) is 20.2. The highest BCUT2D eigenvalue weighted by Gasteiger charge is 2.34. The molecule has 0 aliphatic heterocycles. The Morgan fingerprint density at radius 1 is 1.14 bits per heavy atom. The molecule has 8 nitrogen and oxygen atoms in total. The van der Waals surface area contributed by atoms with E-state index in [-0.39, 0.29) is 28.8 Å². The molecule has 3 heterocycles. The number of unbranched alkanes of at least 4 members (excludes halogenated alkanes) is 1. The van der Waals surface area contributed by atoms with Crippen molar-refractivity contribution in [1.82, 2.24) is 19.9 Å². The lowest BCUT2D eigenvalue weighted by molar-refractivity contribution is -0.137. The van der Waals surface area contributed by atoms with Crippen molar-refractivity contribution in [2.45, 2.75) is 44.7 Å². The third kappa shape index (κ3) is 7.26. The van der Waals surface area contributed by atoms with E-state index in [9.17, 15) is 22.8 Å². The van der Waals surface area contributed by atoms with Crippen LogP contribution in [-0.2, 0) is 12.6 Å². The van der Waals surface area contributed by atoms with Crippen molar-refractivity contribution in [3.8, 4) is 0 Å². The van der Waals surface area contributed by atoms with E-state index in [0.29, 0.717) is 29.7 Å². The van der Waals surface area contributed by atoms with Crippen LogP contribution in [0.15, 0.2) is 30.9 Å². The van der Waals surface area contributed by atoms with Gasteiger partial charge in [-0.3, -0.25) is 9.59 Å². The highest BCUT2D eigenvalue weighted by atomic mass is 35.5. The van der Waals surface area contributed by atoms with Crippen LogP contribution >= 0.6 is 22.9 Å². The van der Waals surface area contributed by atoms with Crippen molar-refractivity contribution < 1.29 is 22.8 Å². The van der Waals surface area contributed by atoms with Gasteiger partial charge in [-0.05, 0) is 37.9 Å². The fourth-order valence-electron chi connectivity index (χ4n) is 3.13. The number of anilines is 1. The topological polar surface area (TPSA) is 124 Å². The van der Waals surface area contributed by atoms with E-state index in [4.69, 9.17) is 17.3 Å². The Morgan fingerprint density at radius 2 is 1.91 bits per heavy atom. The van der Waals surface area contributed by atoms with Crippen LogP contribution in [0.5, 0.6) is 0 Å². The van der Waals surface area contributed by atoms with Crippen LogP contribution in [0, 0.1) is 0 Å². The molecule has 3 rings (SSSR count). The molecule has 1 amide bonds. The van der Waals surface area contributed by atoms with Gasteiger partial charge in [-0.2, -0.15) is 13.2 Å². The number of nitrogens with one attached hydrogen (secondary N) is 1. The Bertz CT molecular complexity index is 1200. The van der Waals surface area contributed by atoms with Gasteiger partial charge in [0.1, 0.15) is 22.7 Å². The minimum absolute atomic E-state index is 0.113. The Balaban J connectivity index is 1.63. The Labute approximate surface area is 208 Å². The number of nitrogens with zero attached hydrogens (tertiary/aromatic N) is 4. The third-order valence-electron chi connectivity index (χ3n) is 4.96. The Hall–Kier alpha value is -2.96. The number of alkyl halides is 3. The van der Waals surface area contributed by atoms with Crippen LogP contribution < -0.4 is 11.1 Å². The van der Waals surface area contributed by atoms with Crippen molar-refractivity contribution in [2.24, 2.45) is 5.73 Å². The maximum absolute atomic E-state index is 13.0. The maximum Gasteiger partial charge on any atom is 0.418 e. The monoisotopic (exact) mass is 526 g/mol. The summed E-state index contributed by atoms with van der Waals surface area (Å²) >= 11 is 6.59. The number of hydrogen-bond donors (Lipinski definition) is 2.